The number of nitrogens with zero attached hydrogens (tertiary/aromatic N) is 1. The molecule has 0 spiro atoms. The van der Waals surface area contributed by atoms with E-state index in [1.807, 2.05) is 67.6 Å². The first kappa shape index (κ1) is 18.9. The van der Waals surface area contributed by atoms with Crippen LogP contribution in [-0.2, 0) is 10.3 Å². The summed E-state index contributed by atoms with van der Waals surface area (Å²) < 4.78 is 0.990. The molecule has 28 heavy (non-hydrogen) atoms. The van der Waals surface area contributed by atoms with Crippen LogP contribution >= 0.6 is 15.9 Å². The second-order valence-electron chi connectivity index (χ2n) is 7.34. The van der Waals surface area contributed by atoms with Crippen LogP contribution < -0.4 is 0 Å². The minimum Gasteiger partial charge on any atom is -0.481 e. The molecule has 3 atom stereocenters. The van der Waals surface area contributed by atoms with Crippen molar-refractivity contribution < 1.29 is 9.90 Å². The van der Waals surface area contributed by atoms with Crippen molar-refractivity contribution in [2.45, 2.75) is 18.5 Å². The van der Waals surface area contributed by atoms with Gasteiger partial charge >= 0.3 is 5.97 Å². The van der Waals surface area contributed by atoms with Crippen molar-refractivity contribution in [3.05, 3.63) is 106 Å². The molecule has 142 valence electrons. The molecular formula is C24H22BrNO2. The zero-order valence-electron chi connectivity index (χ0n) is 15.6. The van der Waals surface area contributed by atoms with Gasteiger partial charge in [0.1, 0.15) is 0 Å². The normalized spacial score (nSPS) is 22.0. The summed E-state index contributed by atoms with van der Waals surface area (Å²) in [4.78, 5) is 14.4. The van der Waals surface area contributed by atoms with E-state index in [4.69, 9.17) is 0 Å². The lowest BCUT2D eigenvalue weighted by molar-refractivity contribution is -0.143. The molecule has 4 rings (SSSR count). The number of benzene rings is 3. The number of aliphatic carboxylic acids is 1. The highest BCUT2D eigenvalue weighted by atomic mass is 79.9. The highest BCUT2D eigenvalue weighted by Crippen LogP contribution is 2.55. The maximum Gasteiger partial charge on any atom is 0.308 e. The highest BCUT2D eigenvalue weighted by molar-refractivity contribution is 9.10. The smallest absolute Gasteiger partial charge is 0.308 e. The number of carbonyl (C=O) groups is 1. The van der Waals surface area contributed by atoms with E-state index in [9.17, 15) is 9.90 Å². The number of halogens is 1. The number of hydrogen-bond acceptors (Lipinski definition) is 2. The number of carboxylic acid groups (broad SMARTS) is 1. The van der Waals surface area contributed by atoms with Gasteiger partial charge in [-0.3, -0.25) is 9.69 Å². The van der Waals surface area contributed by atoms with Crippen molar-refractivity contribution in [2.75, 3.05) is 6.54 Å². The van der Waals surface area contributed by atoms with Gasteiger partial charge in [-0.15, -0.1) is 0 Å². The van der Waals surface area contributed by atoms with E-state index in [-0.39, 0.29) is 6.04 Å². The van der Waals surface area contributed by atoms with Crippen molar-refractivity contribution in [1.82, 2.24) is 4.90 Å². The molecular weight excluding hydrogens is 414 g/mol. The van der Waals surface area contributed by atoms with Crippen molar-refractivity contribution in [2.24, 2.45) is 5.92 Å². The van der Waals surface area contributed by atoms with Crippen LogP contribution in [0, 0.1) is 5.92 Å². The minimum absolute atomic E-state index is 0.00727. The predicted octanol–water partition coefficient (Wildman–Crippen LogP) is 5.47. The fourth-order valence-corrected chi connectivity index (χ4v) is 4.47. The Kier molecular flexibility index (Phi) is 5.09. The molecule has 1 heterocycles. The topological polar surface area (TPSA) is 40.3 Å². The molecule has 0 amide bonds. The van der Waals surface area contributed by atoms with Gasteiger partial charge in [-0.25, -0.2) is 0 Å². The van der Waals surface area contributed by atoms with Gasteiger partial charge in [-0.2, -0.15) is 0 Å². The van der Waals surface area contributed by atoms with Crippen LogP contribution in [0.4, 0.5) is 0 Å². The molecule has 1 saturated heterocycles. The zero-order valence-corrected chi connectivity index (χ0v) is 17.2. The van der Waals surface area contributed by atoms with Crippen LogP contribution in [0.5, 0.6) is 0 Å². The van der Waals surface area contributed by atoms with E-state index in [0.717, 1.165) is 10.0 Å². The summed E-state index contributed by atoms with van der Waals surface area (Å²) in [7, 11) is 0. The highest BCUT2D eigenvalue weighted by Gasteiger charge is 2.61. The maximum atomic E-state index is 12.0. The van der Waals surface area contributed by atoms with Crippen LogP contribution in [0.1, 0.15) is 29.7 Å². The molecule has 0 saturated carbocycles. The number of rotatable bonds is 6. The molecule has 3 aromatic carbocycles. The van der Waals surface area contributed by atoms with Gasteiger partial charge in [0.25, 0.3) is 0 Å². The maximum absolute atomic E-state index is 12.0. The monoisotopic (exact) mass is 435 g/mol. The average Bonchev–Trinajstić information content (AvgIpc) is 3.45. The van der Waals surface area contributed by atoms with Crippen molar-refractivity contribution in [1.29, 1.82) is 0 Å². The van der Waals surface area contributed by atoms with Gasteiger partial charge in [0, 0.05) is 11.0 Å². The molecule has 4 heteroatoms. The van der Waals surface area contributed by atoms with Crippen molar-refractivity contribution in [3.8, 4) is 0 Å². The van der Waals surface area contributed by atoms with Crippen LogP contribution in [0.3, 0.4) is 0 Å². The summed E-state index contributed by atoms with van der Waals surface area (Å²) in [6, 6.07) is 28.7. The zero-order chi connectivity index (χ0) is 19.7. The first-order chi connectivity index (χ1) is 13.5. The Labute approximate surface area is 173 Å². The molecule has 1 aliphatic rings. The largest absolute Gasteiger partial charge is 0.481 e. The lowest BCUT2D eigenvalue weighted by Gasteiger charge is -2.28. The molecule has 1 N–H and O–H groups in total. The van der Waals surface area contributed by atoms with Crippen molar-refractivity contribution >= 4 is 21.9 Å². The van der Waals surface area contributed by atoms with Gasteiger partial charge in [0.05, 0.1) is 17.5 Å². The van der Waals surface area contributed by atoms with E-state index in [1.54, 1.807) is 0 Å². The molecule has 0 aliphatic carbocycles. The second-order valence-corrected chi connectivity index (χ2v) is 8.26. The lowest BCUT2D eigenvalue weighted by atomic mass is 9.85. The third kappa shape index (κ3) is 3.27. The van der Waals surface area contributed by atoms with Gasteiger partial charge in [-0.05, 0) is 35.7 Å². The quantitative estimate of drug-likeness (QED) is 0.521. The van der Waals surface area contributed by atoms with Crippen LogP contribution in [0.15, 0.2) is 89.4 Å². The summed E-state index contributed by atoms with van der Waals surface area (Å²) in [6.45, 7) is 2.52. The van der Waals surface area contributed by atoms with Crippen LogP contribution in [0.25, 0.3) is 0 Å². The SMILES string of the molecule is CC(C(=O)O)C1(c2ccc(Br)cc2)CN1C(c1ccccc1)c1ccccc1. The Hall–Kier alpha value is -2.43. The predicted molar refractivity (Wildman–Crippen MR) is 114 cm³/mol. The molecule has 0 radical (unpaired) electrons. The van der Waals surface area contributed by atoms with E-state index < -0.39 is 17.4 Å². The molecule has 3 aromatic rings. The van der Waals surface area contributed by atoms with Crippen LogP contribution in [0.2, 0.25) is 0 Å². The Morgan fingerprint density at radius 3 is 1.89 bits per heavy atom. The van der Waals surface area contributed by atoms with Gasteiger partial charge in [0.2, 0.25) is 0 Å². The fraction of sp³-hybridized carbons (Fsp3) is 0.208. The average molecular weight is 436 g/mol. The Morgan fingerprint density at radius 1 is 0.929 bits per heavy atom. The van der Waals surface area contributed by atoms with Gasteiger partial charge in [0.15, 0.2) is 0 Å². The molecule has 1 aliphatic heterocycles. The third-order valence-electron chi connectivity index (χ3n) is 5.79. The minimum atomic E-state index is -0.773. The Bertz CT molecular complexity index is 919. The lowest BCUT2D eigenvalue weighted by Crippen LogP contribution is -2.32. The molecule has 1 fully saturated rings. The summed E-state index contributed by atoms with van der Waals surface area (Å²) in [5.41, 5.74) is 2.86. The molecule has 3 nitrogen and oxygen atoms in total. The van der Waals surface area contributed by atoms with Gasteiger partial charge in [-0.1, -0.05) is 88.7 Å². The summed E-state index contributed by atoms with van der Waals surface area (Å²) in [6.07, 6.45) is 0. The van der Waals surface area contributed by atoms with Gasteiger partial charge < -0.3 is 5.11 Å². The van der Waals surface area contributed by atoms with E-state index >= 15 is 0 Å². The van der Waals surface area contributed by atoms with E-state index in [0.29, 0.717) is 6.54 Å². The first-order valence-electron chi connectivity index (χ1n) is 9.39. The first-order valence-corrected chi connectivity index (χ1v) is 10.2. The number of hydrogen-bond donors (Lipinski definition) is 1. The number of carboxylic acids is 1. The Morgan fingerprint density at radius 2 is 1.43 bits per heavy atom. The fourth-order valence-electron chi connectivity index (χ4n) is 4.20. The molecule has 0 aromatic heterocycles. The third-order valence-corrected chi connectivity index (χ3v) is 6.32. The van der Waals surface area contributed by atoms with E-state index in [1.165, 1.54) is 11.1 Å². The summed E-state index contributed by atoms with van der Waals surface area (Å²) >= 11 is 3.49. The van der Waals surface area contributed by atoms with E-state index in [2.05, 4.69) is 45.1 Å². The molecule has 0 bridgehead atoms. The Balaban J connectivity index is 1.82. The van der Waals surface area contributed by atoms with Crippen molar-refractivity contribution in [3.63, 3.8) is 0 Å². The summed E-state index contributed by atoms with van der Waals surface area (Å²) in [5.74, 6) is -1.30. The molecule has 3 unspecified atom stereocenters. The van der Waals surface area contributed by atoms with Crippen LogP contribution in [-0.4, -0.2) is 22.5 Å². The summed E-state index contributed by atoms with van der Waals surface area (Å²) in [5, 5.41) is 9.88. The second kappa shape index (κ2) is 7.53. The standard InChI is InChI=1S/C24H22BrNO2/c1-17(23(27)28)24(20-12-14-21(25)15-13-20)16-26(24)22(18-8-4-2-5-9-18)19-10-6-3-7-11-19/h2-15,17,22H,16H2,1H3,(H,27,28).